The van der Waals surface area contributed by atoms with Gasteiger partial charge >= 0.3 is 0 Å². The maximum absolute atomic E-state index is 9.01. The lowest BCUT2D eigenvalue weighted by Gasteiger charge is -2.24. The fraction of sp³-hybridized carbons (Fsp3) is 0.217. The molecule has 0 radical (unpaired) electrons. The Balaban J connectivity index is 1.99. The van der Waals surface area contributed by atoms with Crippen LogP contribution in [0.1, 0.15) is 24.8 Å². The first-order valence-corrected chi connectivity index (χ1v) is 8.94. The quantitative estimate of drug-likeness (QED) is 0.572. The second-order valence-corrected chi connectivity index (χ2v) is 6.37. The number of fused-ring (bicyclic) bond motifs is 1. The van der Waals surface area contributed by atoms with Crippen LogP contribution in [-0.2, 0) is 0 Å². The molecule has 3 rings (SSSR count). The average molecular weight is 339 g/mol. The second kappa shape index (κ2) is 8.70. The van der Waals surface area contributed by atoms with Crippen LogP contribution in [0, 0.1) is 22.7 Å². The van der Waals surface area contributed by atoms with Crippen molar-refractivity contribution in [2.75, 3.05) is 13.1 Å². The van der Waals surface area contributed by atoms with E-state index in [2.05, 4.69) is 41.4 Å². The van der Waals surface area contributed by atoms with E-state index in [0.717, 1.165) is 29.8 Å². The number of nitrogens with zero attached hydrogens (tertiary/aromatic N) is 3. The van der Waals surface area contributed by atoms with Gasteiger partial charge in [-0.25, -0.2) is 0 Å². The van der Waals surface area contributed by atoms with E-state index in [4.69, 9.17) is 10.5 Å². The van der Waals surface area contributed by atoms with Crippen molar-refractivity contribution in [2.24, 2.45) is 0 Å². The lowest BCUT2D eigenvalue weighted by molar-refractivity contribution is 0.309. The molecule has 0 atom stereocenters. The highest BCUT2D eigenvalue weighted by atomic mass is 15.1. The predicted octanol–water partition coefficient (Wildman–Crippen LogP) is 5.15. The molecule has 0 aromatic rings. The van der Waals surface area contributed by atoms with Crippen molar-refractivity contribution in [3.8, 4) is 23.3 Å². The van der Waals surface area contributed by atoms with Crippen LogP contribution in [0.3, 0.4) is 0 Å². The Morgan fingerprint density at radius 1 is 0.885 bits per heavy atom. The standard InChI is InChI=1S/C23H21N3/c24-17-19(18-25)9-10-21(13-16-26-14-5-2-6-15-26)23-12-11-20-7-3-1-4-8-22(20)23/h1,3-4,7-13,16H,2,5-6,14-15H2/b16-13+,21-10+. The zero-order valence-corrected chi connectivity index (χ0v) is 14.7. The lowest BCUT2D eigenvalue weighted by atomic mass is 10.0. The van der Waals surface area contributed by atoms with E-state index in [-0.39, 0.29) is 5.57 Å². The molecule has 1 saturated heterocycles. The van der Waals surface area contributed by atoms with Gasteiger partial charge in [0.15, 0.2) is 0 Å². The van der Waals surface area contributed by atoms with Gasteiger partial charge in [0.1, 0.15) is 17.7 Å². The van der Waals surface area contributed by atoms with Crippen molar-refractivity contribution in [2.45, 2.75) is 19.3 Å². The normalized spacial score (nSPS) is 14.8. The van der Waals surface area contributed by atoms with Crippen LogP contribution in [0.2, 0.25) is 0 Å². The number of nitriles is 2. The largest absolute Gasteiger partial charge is 0.377 e. The number of hydrogen-bond donors (Lipinski definition) is 0. The molecule has 3 nitrogen and oxygen atoms in total. The molecule has 1 aliphatic heterocycles. The van der Waals surface area contributed by atoms with E-state index < -0.39 is 0 Å². The molecular formula is C23H21N3. The monoisotopic (exact) mass is 339 g/mol. The van der Waals surface area contributed by atoms with Crippen LogP contribution in [-0.4, -0.2) is 18.0 Å². The molecule has 0 bridgehead atoms. The summed E-state index contributed by atoms with van der Waals surface area (Å²) in [7, 11) is 0. The molecule has 0 aromatic carbocycles. The smallest absolute Gasteiger partial charge is 0.129 e. The Hall–Kier alpha value is -3.30. The fourth-order valence-corrected chi connectivity index (χ4v) is 3.23. The minimum absolute atomic E-state index is 0.107. The summed E-state index contributed by atoms with van der Waals surface area (Å²) in [5.41, 5.74) is 4.55. The number of rotatable bonds is 4. The van der Waals surface area contributed by atoms with Crippen molar-refractivity contribution in [1.29, 1.82) is 10.5 Å². The van der Waals surface area contributed by atoms with Crippen molar-refractivity contribution in [3.05, 3.63) is 78.0 Å². The molecular weight excluding hydrogens is 318 g/mol. The summed E-state index contributed by atoms with van der Waals surface area (Å²) in [5, 5.41) is 18.0. The number of allylic oxidation sites excluding steroid dienone is 5. The minimum atomic E-state index is 0.107. The Kier molecular flexibility index (Phi) is 5.86. The summed E-state index contributed by atoms with van der Waals surface area (Å²) in [6.07, 6.45) is 11.4. The molecule has 1 fully saturated rings. The Morgan fingerprint density at radius 3 is 2.42 bits per heavy atom. The first-order chi connectivity index (χ1) is 12.8. The van der Waals surface area contributed by atoms with Gasteiger partial charge in [-0.3, -0.25) is 0 Å². The predicted molar refractivity (Wildman–Crippen MR) is 105 cm³/mol. The zero-order valence-electron chi connectivity index (χ0n) is 14.7. The van der Waals surface area contributed by atoms with Gasteiger partial charge in [0, 0.05) is 13.1 Å². The molecule has 0 spiro atoms. The maximum Gasteiger partial charge on any atom is 0.129 e. The van der Waals surface area contributed by atoms with Crippen molar-refractivity contribution >= 4 is 5.57 Å². The van der Waals surface area contributed by atoms with E-state index >= 15 is 0 Å². The average Bonchev–Trinajstić information content (AvgIpc) is 2.93. The Morgan fingerprint density at radius 2 is 1.65 bits per heavy atom. The molecule has 0 saturated carbocycles. The van der Waals surface area contributed by atoms with Crippen LogP contribution in [0.15, 0.2) is 72.5 Å². The molecule has 1 heterocycles. The van der Waals surface area contributed by atoms with Gasteiger partial charge in [0.2, 0.25) is 0 Å². The van der Waals surface area contributed by atoms with E-state index in [0.29, 0.717) is 0 Å². The maximum atomic E-state index is 9.01. The van der Waals surface area contributed by atoms with Gasteiger partial charge in [0.25, 0.3) is 0 Å². The topological polar surface area (TPSA) is 50.8 Å². The highest BCUT2D eigenvalue weighted by molar-refractivity contribution is 5.88. The fourth-order valence-electron chi connectivity index (χ4n) is 3.23. The van der Waals surface area contributed by atoms with Crippen LogP contribution in [0.5, 0.6) is 0 Å². The van der Waals surface area contributed by atoms with Gasteiger partial charge in [0.05, 0.1) is 0 Å². The van der Waals surface area contributed by atoms with Gasteiger partial charge < -0.3 is 4.90 Å². The molecule has 0 aromatic heterocycles. The van der Waals surface area contributed by atoms with Crippen molar-refractivity contribution in [3.63, 3.8) is 0 Å². The summed E-state index contributed by atoms with van der Waals surface area (Å²) in [6.45, 7) is 2.16. The number of piperidine rings is 1. The third-order valence-corrected chi connectivity index (χ3v) is 4.63. The molecule has 128 valence electrons. The third-order valence-electron chi connectivity index (χ3n) is 4.63. The van der Waals surface area contributed by atoms with Gasteiger partial charge in [-0.2, -0.15) is 10.5 Å². The Labute approximate surface area is 155 Å². The first-order valence-electron chi connectivity index (χ1n) is 8.94. The molecule has 3 heteroatoms. The summed E-state index contributed by atoms with van der Waals surface area (Å²) >= 11 is 0. The molecule has 3 aliphatic rings. The molecule has 0 amide bonds. The molecule has 0 unspecified atom stereocenters. The van der Waals surface area contributed by atoms with Gasteiger partial charge in [-0.05, 0) is 59.9 Å². The highest BCUT2D eigenvalue weighted by Gasteiger charge is 2.11. The van der Waals surface area contributed by atoms with E-state index in [1.54, 1.807) is 6.08 Å². The van der Waals surface area contributed by atoms with Gasteiger partial charge in [-0.1, -0.05) is 48.5 Å². The third kappa shape index (κ3) is 4.21. The van der Waals surface area contributed by atoms with E-state index in [1.165, 1.54) is 24.8 Å². The molecule has 0 N–H and O–H groups in total. The second-order valence-electron chi connectivity index (χ2n) is 6.37. The van der Waals surface area contributed by atoms with Crippen molar-refractivity contribution < 1.29 is 0 Å². The highest BCUT2D eigenvalue weighted by Crippen LogP contribution is 2.33. The Bertz CT molecular complexity index is 884. The molecule has 2 aliphatic carbocycles. The SMILES string of the molecule is N#CC(C#N)=C/C=C(\C=C\N1CCCCC1)c1ccc2cccccc1-2. The summed E-state index contributed by atoms with van der Waals surface area (Å²) in [6, 6.07) is 18.3. The van der Waals surface area contributed by atoms with Gasteiger partial charge in [-0.15, -0.1) is 0 Å². The van der Waals surface area contributed by atoms with E-state index in [1.807, 2.05) is 36.4 Å². The number of likely N-dealkylation sites (tertiary alicyclic amines) is 1. The number of hydrogen-bond acceptors (Lipinski definition) is 3. The van der Waals surface area contributed by atoms with Crippen LogP contribution in [0.25, 0.3) is 16.7 Å². The zero-order chi connectivity index (χ0) is 18.2. The molecule has 26 heavy (non-hydrogen) atoms. The van der Waals surface area contributed by atoms with Crippen molar-refractivity contribution in [1.82, 2.24) is 4.90 Å². The summed E-state index contributed by atoms with van der Waals surface area (Å²) in [4.78, 5) is 2.34. The lowest BCUT2D eigenvalue weighted by Crippen LogP contribution is -2.24. The summed E-state index contributed by atoms with van der Waals surface area (Å²) in [5.74, 6) is 0. The van der Waals surface area contributed by atoms with E-state index in [9.17, 15) is 0 Å². The first kappa shape index (κ1) is 17.5. The summed E-state index contributed by atoms with van der Waals surface area (Å²) < 4.78 is 0. The van der Waals surface area contributed by atoms with Crippen LogP contribution < -0.4 is 0 Å². The van der Waals surface area contributed by atoms with Crippen LogP contribution in [0.4, 0.5) is 0 Å². The van der Waals surface area contributed by atoms with Crippen LogP contribution >= 0.6 is 0 Å². The minimum Gasteiger partial charge on any atom is -0.377 e.